The molecule has 3 aromatic rings. The summed E-state index contributed by atoms with van der Waals surface area (Å²) in [6.07, 6.45) is 14.3. The third-order valence-corrected chi connectivity index (χ3v) is 2.81. The number of aromatic nitrogens is 4. The van der Waals surface area contributed by atoms with E-state index in [4.69, 9.17) is 27.7 Å². The second kappa shape index (κ2) is 16.2. The lowest BCUT2D eigenvalue weighted by Gasteiger charge is -2.03. The van der Waals surface area contributed by atoms with Crippen LogP contribution in [0.25, 0.3) is 11.2 Å². The summed E-state index contributed by atoms with van der Waals surface area (Å²) in [5.74, 6) is 20.0. The fourth-order valence-electron chi connectivity index (χ4n) is 1.72. The van der Waals surface area contributed by atoms with Crippen LogP contribution in [0.2, 0.25) is 0 Å². The maximum Gasteiger partial charge on any atom is 0.182 e. The number of aromatic amines is 1. The van der Waals surface area contributed by atoms with E-state index in [0.29, 0.717) is 12.2 Å². The summed E-state index contributed by atoms with van der Waals surface area (Å²) >= 11 is 0. The van der Waals surface area contributed by atoms with Crippen LogP contribution in [0.3, 0.4) is 0 Å². The van der Waals surface area contributed by atoms with Crippen molar-refractivity contribution in [1.82, 2.24) is 19.9 Å². The van der Waals surface area contributed by atoms with Gasteiger partial charge in [0.25, 0.3) is 0 Å². The van der Waals surface area contributed by atoms with Crippen molar-refractivity contribution in [2.75, 3.05) is 5.32 Å². The second-order valence-corrected chi connectivity index (χ2v) is 4.66. The Morgan fingerprint density at radius 3 is 2.38 bits per heavy atom. The van der Waals surface area contributed by atoms with Gasteiger partial charge in [-0.05, 0) is 69.9 Å². The Balaban J connectivity index is -0.000000474. The summed E-state index contributed by atoms with van der Waals surface area (Å²) in [6, 6.07) is 3.75. The minimum atomic E-state index is 0. The number of rotatable bonds is 5. The average Bonchev–Trinajstić information content (AvgIpc) is 3.52. The zero-order chi connectivity index (χ0) is 23.3. The minimum absolute atomic E-state index is 0. The van der Waals surface area contributed by atoms with Gasteiger partial charge in [-0.3, -0.25) is 0 Å². The summed E-state index contributed by atoms with van der Waals surface area (Å²) in [4.78, 5) is 24.1. The number of H-pyrrole nitrogens is 1. The molecule has 3 aromatic heterocycles. The molecule has 0 amide bonds. The van der Waals surface area contributed by atoms with E-state index in [9.17, 15) is 0 Å². The minimum Gasteiger partial charge on any atom is -0.467 e. The number of nitrogens with zero attached hydrogens (tertiary/aromatic N) is 7. The molecular formula is C20H18N10O2. The molecule has 12 heteroatoms. The molecule has 3 heterocycles. The van der Waals surface area contributed by atoms with Crippen molar-refractivity contribution in [3.05, 3.63) is 41.7 Å². The SMILES string of the molecule is C#CC#CC#CC#CC#C.N=N/N=N/N=O.[HH].[HH].[HH].c1coc(CNc2ncnc3nc[nH]c23)c1. The van der Waals surface area contributed by atoms with E-state index in [1.807, 2.05) is 17.4 Å². The lowest BCUT2D eigenvalue weighted by Crippen LogP contribution is -2.01. The van der Waals surface area contributed by atoms with Gasteiger partial charge in [-0.2, -0.15) is 5.53 Å². The molecule has 0 spiro atoms. The quantitative estimate of drug-likeness (QED) is 0.241. The van der Waals surface area contributed by atoms with E-state index in [1.165, 1.54) is 6.33 Å². The first-order chi connectivity index (χ1) is 15.8. The maximum absolute atomic E-state index is 8.91. The Hall–Kier alpha value is -5.77. The number of nitrogens with one attached hydrogen (secondary N) is 3. The molecule has 0 aliphatic carbocycles. The lowest BCUT2D eigenvalue weighted by atomic mass is 10.4. The third-order valence-electron chi connectivity index (χ3n) is 2.81. The van der Waals surface area contributed by atoms with Crippen LogP contribution in [0, 0.1) is 70.6 Å². The Bertz CT molecular complexity index is 1280. The first kappa shape index (κ1) is 24.3. The number of anilines is 1. The van der Waals surface area contributed by atoms with Crippen LogP contribution in [0.4, 0.5) is 5.82 Å². The Morgan fingerprint density at radius 1 is 1.09 bits per heavy atom. The van der Waals surface area contributed by atoms with E-state index in [-0.39, 0.29) is 4.28 Å². The van der Waals surface area contributed by atoms with Gasteiger partial charge in [0.05, 0.1) is 19.1 Å². The Kier molecular flexibility index (Phi) is 12.3. The van der Waals surface area contributed by atoms with Crippen LogP contribution in [-0.2, 0) is 6.54 Å². The van der Waals surface area contributed by atoms with Gasteiger partial charge in [-0.25, -0.2) is 15.0 Å². The van der Waals surface area contributed by atoms with Crippen molar-refractivity contribution >= 4 is 17.0 Å². The van der Waals surface area contributed by atoms with Crippen molar-refractivity contribution in [3.8, 4) is 60.2 Å². The molecule has 0 aliphatic heterocycles. The second-order valence-electron chi connectivity index (χ2n) is 4.66. The number of hydrogen-bond acceptors (Lipinski definition) is 7. The molecular weight excluding hydrogens is 412 g/mol. The predicted octanol–water partition coefficient (Wildman–Crippen LogP) is 3.62. The molecule has 0 fully saturated rings. The highest BCUT2D eigenvalue weighted by Crippen LogP contribution is 2.15. The van der Waals surface area contributed by atoms with Crippen molar-refractivity contribution in [1.29, 1.82) is 5.53 Å². The van der Waals surface area contributed by atoms with Crippen LogP contribution in [0.15, 0.2) is 56.4 Å². The summed E-state index contributed by atoms with van der Waals surface area (Å²) in [6.45, 7) is 0.581. The number of nitroso groups, excluding NO2 is 1. The predicted molar refractivity (Wildman–Crippen MR) is 121 cm³/mol. The summed E-state index contributed by atoms with van der Waals surface area (Å²) in [5.41, 5.74) is 7.32. The molecule has 0 radical (unpaired) electrons. The van der Waals surface area contributed by atoms with Gasteiger partial charge in [0, 0.05) is 9.50 Å². The van der Waals surface area contributed by atoms with Crippen molar-refractivity contribution in [2.24, 2.45) is 21.0 Å². The van der Waals surface area contributed by atoms with Crippen molar-refractivity contribution < 1.29 is 8.70 Å². The van der Waals surface area contributed by atoms with Crippen molar-refractivity contribution in [3.63, 3.8) is 0 Å². The monoisotopic (exact) mass is 430 g/mol. The van der Waals surface area contributed by atoms with Gasteiger partial charge < -0.3 is 14.7 Å². The molecule has 0 saturated heterocycles. The first-order valence-corrected chi connectivity index (χ1v) is 8.17. The molecule has 0 atom stereocenters. The zero-order valence-corrected chi connectivity index (χ0v) is 16.2. The summed E-state index contributed by atoms with van der Waals surface area (Å²) in [5, 5.41) is 12.4. The highest BCUT2D eigenvalue weighted by Gasteiger charge is 2.05. The lowest BCUT2D eigenvalue weighted by molar-refractivity contribution is 0.518. The molecule has 0 aliphatic rings. The fourth-order valence-corrected chi connectivity index (χ4v) is 1.72. The molecule has 0 aromatic carbocycles. The van der Waals surface area contributed by atoms with Crippen LogP contribution in [0.5, 0.6) is 0 Å². The molecule has 0 bridgehead atoms. The van der Waals surface area contributed by atoms with Crippen LogP contribution >= 0.6 is 0 Å². The highest BCUT2D eigenvalue weighted by atomic mass is 16.3. The zero-order valence-electron chi connectivity index (χ0n) is 16.2. The van der Waals surface area contributed by atoms with E-state index in [2.05, 4.69) is 88.3 Å². The average molecular weight is 430 g/mol. The number of fused-ring (bicyclic) bond motifs is 1. The van der Waals surface area contributed by atoms with Gasteiger partial charge in [-0.1, -0.05) is 0 Å². The van der Waals surface area contributed by atoms with E-state index < -0.39 is 0 Å². The molecule has 160 valence electrons. The molecule has 0 saturated carbocycles. The topological polar surface area (TPSA) is 170 Å². The number of hydrogen-bond donors (Lipinski definition) is 3. The third kappa shape index (κ3) is 9.96. The molecule has 3 rings (SSSR count). The van der Waals surface area contributed by atoms with Gasteiger partial charge in [0.1, 0.15) is 22.9 Å². The maximum atomic E-state index is 8.91. The van der Waals surface area contributed by atoms with Crippen LogP contribution < -0.4 is 5.32 Å². The molecule has 0 unspecified atom stereocenters. The summed E-state index contributed by atoms with van der Waals surface area (Å²) < 4.78 is 5.22. The van der Waals surface area contributed by atoms with Crippen LogP contribution in [0.1, 0.15) is 10.0 Å². The van der Waals surface area contributed by atoms with Crippen molar-refractivity contribution in [2.45, 2.75) is 6.54 Å². The highest BCUT2D eigenvalue weighted by molar-refractivity contribution is 5.81. The largest absolute Gasteiger partial charge is 0.467 e. The van der Waals surface area contributed by atoms with Gasteiger partial charge in [0.15, 0.2) is 11.5 Å². The Labute approximate surface area is 186 Å². The van der Waals surface area contributed by atoms with E-state index in [0.717, 1.165) is 17.1 Å². The van der Waals surface area contributed by atoms with Gasteiger partial charge in [-0.15, -0.1) is 17.8 Å². The van der Waals surface area contributed by atoms with Crippen LogP contribution in [-0.4, -0.2) is 19.9 Å². The number of furan rings is 1. The standard InChI is InChI=1S/C10H9N5O.C10H2.HN5O.3H2/c1-2-7(16-3-1)4-11-9-8-10(13-5-12-8)15-6-14-9;1-3-5-7-9-10-8-6-4-2;1-2-3-4-5-6;;;/h1-3,5-6H,4H2,(H2,11,12,13,14,15);1-2H;1H;3*1H/b;;2-1?,4-3+;;;. The first-order valence-electron chi connectivity index (χ1n) is 8.17. The van der Waals surface area contributed by atoms with E-state index >= 15 is 0 Å². The molecule has 32 heavy (non-hydrogen) atoms. The normalized spacial score (nSPS) is 8.06. The van der Waals surface area contributed by atoms with Gasteiger partial charge in [0.2, 0.25) is 0 Å². The Morgan fingerprint density at radius 2 is 1.81 bits per heavy atom. The number of terminal acetylenes is 2. The van der Waals surface area contributed by atoms with Gasteiger partial charge >= 0.3 is 0 Å². The summed E-state index contributed by atoms with van der Waals surface area (Å²) in [7, 11) is 0. The fraction of sp³-hybridized carbons (Fsp3) is 0.0500. The smallest absolute Gasteiger partial charge is 0.182 e. The molecule has 12 nitrogen and oxygen atoms in total. The number of imidazole rings is 1. The van der Waals surface area contributed by atoms with E-state index in [1.54, 1.807) is 12.6 Å². The molecule has 3 N–H and O–H groups in total.